The number of alkyl carbamates (subject to hydrolysis) is 1. The number of nitrogens with one attached hydrogen (secondary N) is 1. The maximum Gasteiger partial charge on any atom is 0.416 e. The van der Waals surface area contributed by atoms with Crippen molar-refractivity contribution in [1.82, 2.24) is 15.2 Å². The average molecular weight is 633 g/mol. The Morgan fingerprint density at radius 2 is 1.76 bits per heavy atom. The Morgan fingerprint density at radius 1 is 1.02 bits per heavy atom. The fourth-order valence-corrected chi connectivity index (χ4v) is 4.98. The minimum absolute atomic E-state index is 0.0409. The highest BCUT2D eigenvalue weighted by molar-refractivity contribution is 5.88. The van der Waals surface area contributed by atoms with Gasteiger partial charge >= 0.3 is 18.2 Å². The molecule has 1 aliphatic rings. The number of alkyl halides is 2. The lowest BCUT2D eigenvalue weighted by Crippen LogP contribution is -2.44. The van der Waals surface area contributed by atoms with Gasteiger partial charge in [-0.25, -0.2) is 28.1 Å². The molecule has 10 nitrogen and oxygen atoms in total. The number of anilines is 1. The molecule has 1 atom stereocenters. The van der Waals surface area contributed by atoms with E-state index in [1.807, 2.05) is 68.1 Å². The average Bonchev–Trinajstić information content (AvgIpc) is 3.01. The van der Waals surface area contributed by atoms with Crippen LogP contribution in [0.15, 0.2) is 42.5 Å². The van der Waals surface area contributed by atoms with Crippen LogP contribution in [0.5, 0.6) is 0 Å². The van der Waals surface area contributed by atoms with Crippen molar-refractivity contribution >= 4 is 24.0 Å². The third-order valence-electron chi connectivity index (χ3n) is 7.26. The van der Waals surface area contributed by atoms with E-state index in [9.17, 15) is 23.2 Å². The summed E-state index contributed by atoms with van der Waals surface area (Å²) in [5.74, 6) is -0.00501. The molecule has 248 valence electrons. The number of fused-ring (bicyclic) bond motifs is 1. The second-order valence-corrected chi connectivity index (χ2v) is 12.1. The van der Waals surface area contributed by atoms with Crippen molar-refractivity contribution in [2.24, 2.45) is 0 Å². The number of rotatable bonds is 15. The van der Waals surface area contributed by atoms with Crippen molar-refractivity contribution in [2.75, 3.05) is 38.2 Å². The van der Waals surface area contributed by atoms with Crippen LogP contribution in [0.4, 0.5) is 24.2 Å². The number of halogens is 2. The Balaban J connectivity index is 1.53. The molecule has 2 aromatic rings. The van der Waals surface area contributed by atoms with Gasteiger partial charge in [0.15, 0.2) is 0 Å². The number of carbonyl (C=O) groups excluding carboxylic acids is 3. The van der Waals surface area contributed by atoms with Crippen LogP contribution in [0.25, 0.3) is 0 Å². The van der Waals surface area contributed by atoms with E-state index in [0.29, 0.717) is 38.3 Å². The second-order valence-electron chi connectivity index (χ2n) is 12.1. The van der Waals surface area contributed by atoms with Crippen LogP contribution < -0.4 is 10.2 Å². The van der Waals surface area contributed by atoms with Gasteiger partial charge in [-0.15, -0.1) is 0 Å². The Hall–Kier alpha value is -3.80. The van der Waals surface area contributed by atoms with Gasteiger partial charge in [-0.1, -0.05) is 36.4 Å². The Kier molecular flexibility index (Phi) is 14.0. The highest BCUT2D eigenvalue weighted by atomic mass is 19.3. The normalized spacial score (nSPS) is 13.7. The van der Waals surface area contributed by atoms with Crippen molar-refractivity contribution < 1.29 is 37.4 Å². The van der Waals surface area contributed by atoms with Crippen LogP contribution in [0.1, 0.15) is 69.7 Å². The number of nitrogens with zero attached hydrogens (tertiary/aromatic N) is 3. The molecule has 0 unspecified atom stereocenters. The summed E-state index contributed by atoms with van der Waals surface area (Å²) in [5, 5.41) is 2.54. The van der Waals surface area contributed by atoms with Gasteiger partial charge in [-0.2, -0.15) is 0 Å². The topological polar surface area (TPSA) is 110 Å². The molecule has 0 aliphatic carbocycles. The van der Waals surface area contributed by atoms with Crippen molar-refractivity contribution in [2.45, 2.75) is 90.4 Å². The summed E-state index contributed by atoms with van der Waals surface area (Å²) in [6.45, 7) is 7.04. The Morgan fingerprint density at radius 3 is 2.44 bits per heavy atom. The third kappa shape index (κ3) is 12.6. The van der Waals surface area contributed by atoms with E-state index in [-0.39, 0.29) is 26.0 Å². The van der Waals surface area contributed by atoms with E-state index in [4.69, 9.17) is 19.2 Å². The number of carbonyl (C=O) groups is 3. The predicted molar refractivity (Wildman–Crippen MR) is 166 cm³/mol. The van der Waals surface area contributed by atoms with E-state index in [2.05, 4.69) is 5.32 Å². The van der Waals surface area contributed by atoms with E-state index >= 15 is 0 Å². The number of hydrogen-bond acceptors (Lipinski definition) is 8. The lowest BCUT2D eigenvalue weighted by Gasteiger charge is -2.31. The minimum Gasteiger partial charge on any atom is -0.467 e. The zero-order chi connectivity index (χ0) is 32.8. The summed E-state index contributed by atoms with van der Waals surface area (Å²) < 4.78 is 41.8. The molecule has 0 spiro atoms. The zero-order valence-corrected chi connectivity index (χ0v) is 26.7. The van der Waals surface area contributed by atoms with Crippen LogP contribution in [-0.4, -0.2) is 79.4 Å². The minimum atomic E-state index is -2.46. The summed E-state index contributed by atoms with van der Waals surface area (Å²) in [6.07, 6.45) is 0.00583. The quantitative estimate of drug-likeness (QED) is 0.147. The number of benzene rings is 1. The maximum absolute atomic E-state index is 13.1. The molecule has 0 saturated carbocycles. The molecule has 1 aromatic heterocycles. The van der Waals surface area contributed by atoms with Crippen molar-refractivity contribution in [3.05, 3.63) is 59.3 Å². The maximum atomic E-state index is 13.1. The smallest absolute Gasteiger partial charge is 0.416 e. The predicted octanol–water partition coefficient (Wildman–Crippen LogP) is 5.91. The van der Waals surface area contributed by atoms with Crippen molar-refractivity contribution in [3.8, 4) is 0 Å². The number of ether oxygens (including phenoxy) is 3. The fraction of sp³-hybridized carbons (Fsp3) is 0.576. The molecule has 45 heavy (non-hydrogen) atoms. The van der Waals surface area contributed by atoms with Gasteiger partial charge in [0.05, 0.1) is 7.11 Å². The molecule has 1 aliphatic heterocycles. The van der Waals surface area contributed by atoms with E-state index in [1.165, 1.54) is 7.11 Å². The molecule has 1 aromatic carbocycles. The molecular formula is C33H46F2N4O6. The summed E-state index contributed by atoms with van der Waals surface area (Å²) in [6, 6.07) is 12.1. The Bertz CT molecular complexity index is 1240. The van der Waals surface area contributed by atoms with Gasteiger partial charge in [0, 0.05) is 31.7 Å². The van der Waals surface area contributed by atoms with Gasteiger partial charge in [0.2, 0.25) is 6.43 Å². The Labute approximate surface area is 264 Å². The number of esters is 1. The first-order chi connectivity index (χ1) is 21.4. The molecular weight excluding hydrogens is 586 g/mol. The SMILES string of the molecule is COC(=O)[C@H](CCN(CCCCc1ccc2c(n1)N(C(=O)OC(C)(C)C)CCC2)CCC(F)F)NC(=O)OCc1ccccc1. The monoisotopic (exact) mass is 632 g/mol. The van der Waals surface area contributed by atoms with Crippen molar-refractivity contribution in [1.29, 1.82) is 0 Å². The van der Waals surface area contributed by atoms with E-state index in [0.717, 1.165) is 36.1 Å². The molecule has 3 rings (SSSR count). The molecule has 0 radical (unpaired) electrons. The van der Waals surface area contributed by atoms with E-state index in [1.54, 1.807) is 4.90 Å². The number of unbranched alkanes of at least 4 members (excludes halogenated alkanes) is 1. The van der Waals surface area contributed by atoms with Crippen LogP contribution in [0, 0.1) is 0 Å². The third-order valence-corrected chi connectivity index (χ3v) is 7.26. The molecule has 1 N–H and O–H groups in total. The zero-order valence-electron chi connectivity index (χ0n) is 26.7. The highest BCUT2D eigenvalue weighted by Gasteiger charge is 2.29. The molecule has 2 heterocycles. The summed E-state index contributed by atoms with van der Waals surface area (Å²) in [7, 11) is 1.22. The van der Waals surface area contributed by atoms with Crippen LogP contribution in [-0.2, 0) is 38.5 Å². The fourth-order valence-electron chi connectivity index (χ4n) is 4.98. The lowest BCUT2D eigenvalue weighted by molar-refractivity contribution is -0.143. The molecule has 12 heteroatoms. The van der Waals surface area contributed by atoms with Crippen LogP contribution in [0.2, 0.25) is 0 Å². The van der Waals surface area contributed by atoms with Gasteiger partial charge in [-0.05, 0) is 83.0 Å². The number of hydrogen-bond donors (Lipinski definition) is 1. The summed E-state index contributed by atoms with van der Waals surface area (Å²) in [4.78, 5) is 45.8. The molecule has 0 saturated heterocycles. The van der Waals surface area contributed by atoms with E-state index < -0.39 is 36.2 Å². The lowest BCUT2D eigenvalue weighted by atomic mass is 10.0. The van der Waals surface area contributed by atoms with Crippen LogP contribution >= 0.6 is 0 Å². The first-order valence-corrected chi connectivity index (χ1v) is 15.5. The van der Waals surface area contributed by atoms with Gasteiger partial charge in [-0.3, -0.25) is 4.90 Å². The van der Waals surface area contributed by atoms with Gasteiger partial charge < -0.3 is 24.4 Å². The summed E-state index contributed by atoms with van der Waals surface area (Å²) in [5.41, 5.74) is 2.03. The number of pyridine rings is 1. The summed E-state index contributed by atoms with van der Waals surface area (Å²) >= 11 is 0. The molecule has 0 fully saturated rings. The molecule has 2 amide bonds. The largest absolute Gasteiger partial charge is 0.467 e. The highest BCUT2D eigenvalue weighted by Crippen LogP contribution is 2.27. The first kappa shape index (κ1) is 35.7. The first-order valence-electron chi connectivity index (χ1n) is 15.5. The van der Waals surface area contributed by atoms with Crippen LogP contribution in [0.3, 0.4) is 0 Å². The standard InChI is InChI=1S/C33H46F2N4O6/c1-33(2,3)45-32(42)39-20-10-13-25-15-16-26(36-29(25)39)14-8-9-19-38(22-18-28(34)35)21-17-27(30(40)43-4)37-31(41)44-23-24-11-6-5-7-12-24/h5-7,11-12,15-16,27-28H,8-10,13-14,17-23H2,1-4H3,(H,37,41)/t27-/m0/s1. The van der Waals surface area contributed by atoms with Crippen molar-refractivity contribution in [3.63, 3.8) is 0 Å². The number of aryl methyl sites for hydroxylation is 2. The number of aromatic nitrogens is 1. The van der Waals surface area contributed by atoms with Gasteiger partial charge in [0.1, 0.15) is 24.1 Å². The molecule has 0 bridgehead atoms. The van der Waals surface area contributed by atoms with Gasteiger partial charge in [0.25, 0.3) is 0 Å². The second kappa shape index (κ2) is 17.6. The number of methoxy groups -OCH3 is 1. The number of amides is 2.